The van der Waals surface area contributed by atoms with Crippen LogP contribution in [0.1, 0.15) is 29.1 Å². The maximum absolute atomic E-state index is 12.3. The number of hydrogen-bond donors (Lipinski definition) is 1. The van der Waals surface area contributed by atoms with Crippen LogP contribution in [0.4, 0.5) is 0 Å². The van der Waals surface area contributed by atoms with E-state index in [1.165, 1.54) is 0 Å². The van der Waals surface area contributed by atoms with Gasteiger partial charge in [0, 0.05) is 18.7 Å². The molecule has 0 saturated carbocycles. The zero-order valence-electron chi connectivity index (χ0n) is 9.98. The molecule has 2 unspecified atom stereocenters. The predicted octanol–water partition coefficient (Wildman–Crippen LogP) is 0.807. The molecule has 0 aliphatic carbocycles. The van der Waals surface area contributed by atoms with Crippen molar-refractivity contribution in [1.29, 1.82) is 0 Å². The molecule has 2 fully saturated rings. The molecular formula is C12H17N3O2. The van der Waals surface area contributed by atoms with Crippen LogP contribution in [0, 0.1) is 12.8 Å². The van der Waals surface area contributed by atoms with Crippen LogP contribution in [-0.4, -0.2) is 41.6 Å². The number of nitrogens with one attached hydrogen (secondary N) is 1. The Balaban J connectivity index is 1.78. The van der Waals surface area contributed by atoms with Gasteiger partial charge in [0.05, 0.1) is 5.69 Å². The molecule has 2 aliphatic rings. The third-order valence-corrected chi connectivity index (χ3v) is 3.81. The molecule has 1 amide bonds. The molecule has 2 saturated heterocycles. The number of rotatable bonds is 1. The number of aryl methyl sites for hydroxylation is 1. The van der Waals surface area contributed by atoms with Crippen molar-refractivity contribution >= 4 is 5.91 Å². The van der Waals surface area contributed by atoms with Crippen LogP contribution in [0.3, 0.4) is 0 Å². The van der Waals surface area contributed by atoms with E-state index in [1.54, 1.807) is 6.07 Å². The Kier molecular flexibility index (Phi) is 2.63. The zero-order valence-corrected chi connectivity index (χ0v) is 9.98. The van der Waals surface area contributed by atoms with Crippen LogP contribution in [0.5, 0.6) is 0 Å². The molecule has 0 radical (unpaired) electrons. The van der Waals surface area contributed by atoms with Gasteiger partial charge in [0.2, 0.25) is 5.76 Å². The molecule has 0 spiro atoms. The maximum atomic E-state index is 12.3. The highest BCUT2D eigenvalue weighted by Gasteiger charge is 2.39. The van der Waals surface area contributed by atoms with E-state index < -0.39 is 0 Å². The second-order valence-corrected chi connectivity index (χ2v) is 4.94. The quantitative estimate of drug-likeness (QED) is 0.782. The summed E-state index contributed by atoms with van der Waals surface area (Å²) < 4.78 is 5.06. The summed E-state index contributed by atoms with van der Waals surface area (Å²) >= 11 is 0. The van der Waals surface area contributed by atoms with E-state index in [0.717, 1.165) is 38.2 Å². The lowest BCUT2D eigenvalue weighted by Crippen LogP contribution is -2.45. The van der Waals surface area contributed by atoms with E-state index >= 15 is 0 Å². The Morgan fingerprint density at radius 3 is 3.24 bits per heavy atom. The van der Waals surface area contributed by atoms with Crippen molar-refractivity contribution < 1.29 is 9.32 Å². The Hall–Kier alpha value is -1.36. The fourth-order valence-electron chi connectivity index (χ4n) is 2.94. The molecule has 2 atom stereocenters. The van der Waals surface area contributed by atoms with E-state index in [-0.39, 0.29) is 5.91 Å². The number of nitrogens with zero attached hydrogens (tertiary/aromatic N) is 2. The van der Waals surface area contributed by atoms with Crippen LogP contribution >= 0.6 is 0 Å². The highest BCUT2D eigenvalue weighted by atomic mass is 16.5. The molecule has 1 aromatic rings. The van der Waals surface area contributed by atoms with Crippen molar-refractivity contribution in [3.8, 4) is 0 Å². The summed E-state index contributed by atoms with van der Waals surface area (Å²) in [5.74, 6) is 0.985. The number of aromatic nitrogens is 1. The van der Waals surface area contributed by atoms with Crippen molar-refractivity contribution in [3.05, 3.63) is 17.5 Å². The standard InChI is InChI=1S/C12H17N3O2/c1-8-6-11(17-14-8)12(16)15-5-3-9-7-13-4-2-10(9)15/h6,9-10,13H,2-5,7H2,1H3. The van der Waals surface area contributed by atoms with Gasteiger partial charge in [0.1, 0.15) is 0 Å². The van der Waals surface area contributed by atoms with Gasteiger partial charge in [-0.25, -0.2) is 0 Å². The number of hydrogen-bond acceptors (Lipinski definition) is 4. The average Bonchev–Trinajstić information content (AvgIpc) is 2.94. The lowest BCUT2D eigenvalue weighted by Gasteiger charge is -2.31. The lowest BCUT2D eigenvalue weighted by molar-refractivity contribution is 0.0655. The first-order valence-corrected chi connectivity index (χ1v) is 6.20. The largest absolute Gasteiger partial charge is 0.351 e. The van der Waals surface area contributed by atoms with Gasteiger partial charge in [-0.1, -0.05) is 5.16 Å². The molecular weight excluding hydrogens is 218 g/mol. The first-order chi connectivity index (χ1) is 8.25. The summed E-state index contributed by atoms with van der Waals surface area (Å²) in [6, 6.07) is 2.10. The van der Waals surface area contributed by atoms with Crippen molar-refractivity contribution in [2.24, 2.45) is 5.92 Å². The third kappa shape index (κ3) is 1.84. The van der Waals surface area contributed by atoms with Crippen molar-refractivity contribution in [2.45, 2.75) is 25.8 Å². The highest BCUT2D eigenvalue weighted by molar-refractivity contribution is 5.91. The van der Waals surface area contributed by atoms with Gasteiger partial charge in [-0.15, -0.1) is 0 Å². The normalized spacial score (nSPS) is 28.2. The van der Waals surface area contributed by atoms with Crippen LogP contribution in [0.15, 0.2) is 10.6 Å². The van der Waals surface area contributed by atoms with Gasteiger partial charge >= 0.3 is 0 Å². The van der Waals surface area contributed by atoms with E-state index in [1.807, 2.05) is 11.8 Å². The Morgan fingerprint density at radius 2 is 2.47 bits per heavy atom. The summed E-state index contributed by atoms with van der Waals surface area (Å²) in [6.45, 7) is 4.71. The van der Waals surface area contributed by atoms with Crippen LogP contribution in [0.25, 0.3) is 0 Å². The first kappa shape index (κ1) is 10.8. The molecule has 1 aromatic heterocycles. The smallest absolute Gasteiger partial charge is 0.292 e. The molecule has 17 heavy (non-hydrogen) atoms. The second kappa shape index (κ2) is 4.14. The van der Waals surface area contributed by atoms with Crippen LogP contribution < -0.4 is 5.32 Å². The molecule has 3 heterocycles. The minimum atomic E-state index is 0.000000000000000222. The number of carbonyl (C=O) groups is 1. The number of amides is 1. The summed E-state index contributed by atoms with van der Waals surface area (Å²) in [4.78, 5) is 14.3. The maximum Gasteiger partial charge on any atom is 0.292 e. The summed E-state index contributed by atoms with van der Waals surface area (Å²) in [6.07, 6.45) is 2.14. The summed E-state index contributed by atoms with van der Waals surface area (Å²) in [5.41, 5.74) is 0.759. The molecule has 2 aliphatic heterocycles. The van der Waals surface area contributed by atoms with Crippen LogP contribution in [0.2, 0.25) is 0 Å². The third-order valence-electron chi connectivity index (χ3n) is 3.81. The van der Waals surface area contributed by atoms with E-state index in [0.29, 0.717) is 17.7 Å². The molecule has 0 bridgehead atoms. The van der Waals surface area contributed by atoms with Gasteiger partial charge in [-0.3, -0.25) is 4.79 Å². The van der Waals surface area contributed by atoms with Gasteiger partial charge in [-0.05, 0) is 38.8 Å². The minimum Gasteiger partial charge on any atom is -0.351 e. The first-order valence-electron chi connectivity index (χ1n) is 6.20. The summed E-state index contributed by atoms with van der Waals surface area (Å²) in [7, 11) is 0. The monoisotopic (exact) mass is 235 g/mol. The molecule has 5 heteroatoms. The molecule has 92 valence electrons. The summed E-state index contributed by atoms with van der Waals surface area (Å²) in [5, 5.41) is 7.16. The van der Waals surface area contributed by atoms with E-state index in [2.05, 4.69) is 10.5 Å². The van der Waals surface area contributed by atoms with Crippen molar-refractivity contribution in [3.63, 3.8) is 0 Å². The minimum absolute atomic E-state index is 0.000000000000000222. The van der Waals surface area contributed by atoms with Crippen molar-refractivity contribution in [1.82, 2.24) is 15.4 Å². The molecule has 1 N–H and O–H groups in total. The van der Waals surface area contributed by atoms with Gasteiger partial charge in [0.15, 0.2) is 0 Å². The lowest BCUT2D eigenvalue weighted by atomic mass is 9.94. The fraction of sp³-hybridized carbons (Fsp3) is 0.667. The predicted molar refractivity (Wildman–Crippen MR) is 61.7 cm³/mol. The van der Waals surface area contributed by atoms with E-state index in [9.17, 15) is 4.79 Å². The topological polar surface area (TPSA) is 58.4 Å². The average molecular weight is 235 g/mol. The van der Waals surface area contributed by atoms with Crippen LogP contribution in [-0.2, 0) is 0 Å². The number of likely N-dealkylation sites (tertiary alicyclic amines) is 1. The number of carbonyl (C=O) groups excluding carboxylic acids is 1. The molecule has 5 nitrogen and oxygen atoms in total. The van der Waals surface area contributed by atoms with Gasteiger partial charge in [0.25, 0.3) is 5.91 Å². The molecule has 0 aromatic carbocycles. The Bertz CT molecular complexity index is 429. The number of fused-ring (bicyclic) bond motifs is 1. The Morgan fingerprint density at radius 1 is 1.59 bits per heavy atom. The fourth-order valence-corrected chi connectivity index (χ4v) is 2.94. The zero-order chi connectivity index (χ0) is 11.8. The van der Waals surface area contributed by atoms with Crippen molar-refractivity contribution in [2.75, 3.05) is 19.6 Å². The van der Waals surface area contributed by atoms with Gasteiger partial charge in [-0.2, -0.15) is 0 Å². The molecule has 3 rings (SSSR count). The van der Waals surface area contributed by atoms with E-state index in [4.69, 9.17) is 4.52 Å². The highest BCUT2D eigenvalue weighted by Crippen LogP contribution is 2.29. The second-order valence-electron chi connectivity index (χ2n) is 4.94. The SMILES string of the molecule is Cc1cc(C(=O)N2CCC3CNCCC32)on1. The van der Waals surface area contributed by atoms with Gasteiger partial charge < -0.3 is 14.7 Å². The number of piperidine rings is 1. The Labute approximate surface area is 100 Å².